The van der Waals surface area contributed by atoms with E-state index in [1.54, 1.807) is 0 Å². The maximum atomic E-state index is 12.8. The predicted octanol–water partition coefficient (Wildman–Crippen LogP) is 5.12. The van der Waals surface area contributed by atoms with Crippen LogP contribution in [0.15, 0.2) is 0 Å². The molecule has 0 aromatic rings. The first-order chi connectivity index (χ1) is 17.1. The lowest BCUT2D eigenvalue weighted by Crippen LogP contribution is -2.37. The molecule has 0 amide bonds. The third-order valence-electron chi connectivity index (χ3n) is 8.19. The number of fused-ring (bicyclic) bond motifs is 1. The minimum absolute atomic E-state index is 0.107. The minimum Gasteiger partial charge on any atom is -0.465 e. The molecule has 0 radical (unpaired) electrons. The number of carbonyl (C=O) groups excluding carboxylic acids is 2. The summed E-state index contributed by atoms with van der Waals surface area (Å²) >= 11 is 0. The summed E-state index contributed by atoms with van der Waals surface area (Å²) < 4.78 is 27.9. The van der Waals surface area contributed by atoms with E-state index in [0.29, 0.717) is 50.5 Å². The van der Waals surface area contributed by atoms with Crippen LogP contribution in [0.3, 0.4) is 0 Å². The minimum atomic E-state index is -0.436. The van der Waals surface area contributed by atoms with E-state index in [1.807, 2.05) is 0 Å². The van der Waals surface area contributed by atoms with Crippen LogP contribution in [0.4, 0.5) is 0 Å². The van der Waals surface area contributed by atoms with Crippen molar-refractivity contribution in [1.82, 2.24) is 0 Å². The topological polar surface area (TPSA) is 90.2 Å². The van der Waals surface area contributed by atoms with Crippen molar-refractivity contribution >= 4 is 11.9 Å². The molecule has 0 spiro atoms. The van der Waals surface area contributed by atoms with Crippen molar-refractivity contribution in [3.05, 3.63) is 0 Å². The van der Waals surface area contributed by atoms with Crippen molar-refractivity contribution in [2.24, 2.45) is 11.8 Å². The van der Waals surface area contributed by atoms with Gasteiger partial charge in [-0.05, 0) is 51.4 Å². The summed E-state index contributed by atoms with van der Waals surface area (Å²) in [5.41, 5.74) is 0. The highest BCUT2D eigenvalue weighted by Crippen LogP contribution is 2.44. The van der Waals surface area contributed by atoms with Crippen LogP contribution in [0.25, 0.3) is 0 Å². The molecule has 35 heavy (non-hydrogen) atoms. The normalized spacial score (nSPS) is 34.7. The number of carbonyl (C=O) groups is 2. The summed E-state index contributed by atoms with van der Waals surface area (Å²) in [4.78, 5) is 25.5. The Morgan fingerprint density at radius 1 is 0.600 bits per heavy atom. The second-order valence-electron chi connectivity index (χ2n) is 10.9. The van der Waals surface area contributed by atoms with E-state index >= 15 is 0 Å². The number of epoxide rings is 3. The average Bonchev–Trinajstić information content (AvgIpc) is 3.75. The second-order valence-corrected chi connectivity index (χ2v) is 10.9. The SMILES string of the molecule is CCC1OC1CCCCCCOC(=O)C1CC2OC2CC1C(=O)OCCCCCCC1OC1CC. The van der Waals surface area contributed by atoms with E-state index in [2.05, 4.69) is 13.8 Å². The fourth-order valence-electron chi connectivity index (χ4n) is 5.69. The molecule has 0 aromatic heterocycles. The van der Waals surface area contributed by atoms with Gasteiger partial charge in [0.15, 0.2) is 0 Å². The third-order valence-corrected chi connectivity index (χ3v) is 8.19. The molecule has 1 saturated carbocycles. The van der Waals surface area contributed by atoms with Crippen LogP contribution in [0, 0.1) is 11.8 Å². The first kappa shape index (κ1) is 26.9. The molecule has 3 saturated heterocycles. The molecule has 0 N–H and O–H groups in total. The van der Waals surface area contributed by atoms with Crippen molar-refractivity contribution in [3.8, 4) is 0 Å². The summed E-state index contributed by atoms with van der Waals surface area (Å²) in [7, 11) is 0. The average molecular weight is 495 g/mol. The number of hydrogen-bond acceptors (Lipinski definition) is 7. The van der Waals surface area contributed by atoms with Gasteiger partial charge in [-0.15, -0.1) is 0 Å². The Morgan fingerprint density at radius 3 is 1.43 bits per heavy atom. The molecule has 3 heterocycles. The molecule has 0 bridgehead atoms. The Morgan fingerprint density at radius 2 is 1.03 bits per heavy atom. The highest BCUT2D eigenvalue weighted by atomic mass is 16.6. The third kappa shape index (κ3) is 8.43. The molecule has 7 nitrogen and oxygen atoms in total. The van der Waals surface area contributed by atoms with E-state index in [9.17, 15) is 9.59 Å². The smallest absolute Gasteiger partial charge is 0.309 e. The van der Waals surface area contributed by atoms with Crippen molar-refractivity contribution in [1.29, 1.82) is 0 Å². The molecule has 7 heteroatoms. The molecule has 3 aliphatic heterocycles. The maximum absolute atomic E-state index is 12.8. The van der Waals surface area contributed by atoms with Crippen LogP contribution >= 0.6 is 0 Å². The number of unbranched alkanes of at least 4 members (excludes halogenated alkanes) is 6. The molecule has 4 fully saturated rings. The summed E-state index contributed by atoms with van der Waals surface area (Å²) in [6.45, 7) is 5.18. The highest BCUT2D eigenvalue weighted by molar-refractivity contribution is 5.82. The quantitative estimate of drug-likeness (QED) is 0.148. The van der Waals surface area contributed by atoms with Crippen LogP contribution in [0.5, 0.6) is 0 Å². The lowest BCUT2D eigenvalue weighted by Gasteiger charge is -2.26. The predicted molar refractivity (Wildman–Crippen MR) is 131 cm³/mol. The van der Waals surface area contributed by atoms with Crippen LogP contribution in [0.2, 0.25) is 0 Å². The van der Waals surface area contributed by atoms with Crippen molar-refractivity contribution < 1.29 is 33.3 Å². The van der Waals surface area contributed by atoms with E-state index in [4.69, 9.17) is 23.7 Å². The van der Waals surface area contributed by atoms with Crippen LogP contribution in [-0.2, 0) is 33.3 Å². The summed E-state index contributed by atoms with van der Waals surface area (Å²) in [6, 6.07) is 0. The Bertz CT molecular complexity index is 626. The molecule has 1 aliphatic carbocycles. The molecular weight excluding hydrogens is 448 g/mol. The van der Waals surface area contributed by atoms with Gasteiger partial charge >= 0.3 is 11.9 Å². The lowest BCUT2D eigenvalue weighted by atomic mass is 9.79. The van der Waals surface area contributed by atoms with Gasteiger partial charge in [0.2, 0.25) is 0 Å². The van der Waals surface area contributed by atoms with Gasteiger partial charge in [0.1, 0.15) is 0 Å². The molecule has 4 aliphatic rings. The maximum Gasteiger partial charge on any atom is 0.309 e. The molecule has 0 aromatic carbocycles. The number of ether oxygens (including phenoxy) is 5. The molecular formula is C28H46O7. The van der Waals surface area contributed by atoms with Gasteiger partial charge in [0.25, 0.3) is 0 Å². The Hall–Kier alpha value is -1.18. The Balaban J connectivity index is 1.05. The van der Waals surface area contributed by atoms with Gasteiger partial charge < -0.3 is 23.7 Å². The van der Waals surface area contributed by atoms with E-state index in [-0.39, 0.29) is 24.1 Å². The lowest BCUT2D eigenvalue weighted by molar-refractivity contribution is -0.162. The van der Waals surface area contributed by atoms with Gasteiger partial charge in [-0.2, -0.15) is 0 Å². The standard InChI is InChI=1S/C28H46O7/c1-3-21-23(33-21)13-9-5-7-11-15-31-27(29)19-17-25-26(35-25)18-20(19)28(30)32-16-12-8-6-10-14-24-22(4-2)34-24/h19-26H,3-18H2,1-2H3. The molecule has 200 valence electrons. The van der Waals surface area contributed by atoms with Gasteiger partial charge in [0, 0.05) is 0 Å². The molecule has 4 rings (SSSR count). The van der Waals surface area contributed by atoms with Crippen LogP contribution in [-0.4, -0.2) is 61.8 Å². The van der Waals surface area contributed by atoms with E-state index in [0.717, 1.165) is 64.2 Å². The van der Waals surface area contributed by atoms with Gasteiger partial charge in [0.05, 0.1) is 61.7 Å². The zero-order chi connectivity index (χ0) is 24.6. The fraction of sp³-hybridized carbons (Fsp3) is 0.929. The largest absolute Gasteiger partial charge is 0.465 e. The fourth-order valence-corrected chi connectivity index (χ4v) is 5.69. The monoisotopic (exact) mass is 494 g/mol. The molecule has 8 atom stereocenters. The first-order valence-corrected chi connectivity index (χ1v) is 14.4. The van der Waals surface area contributed by atoms with Crippen molar-refractivity contribution in [2.45, 2.75) is 140 Å². The van der Waals surface area contributed by atoms with Gasteiger partial charge in [-0.3, -0.25) is 9.59 Å². The van der Waals surface area contributed by atoms with Crippen molar-refractivity contribution in [2.75, 3.05) is 13.2 Å². The van der Waals surface area contributed by atoms with E-state index < -0.39 is 11.8 Å². The zero-order valence-electron chi connectivity index (χ0n) is 21.8. The number of esters is 2. The van der Waals surface area contributed by atoms with Gasteiger partial charge in [-0.1, -0.05) is 52.4 Å². The summed E-state index contributed by atoms with van der Waals surface area (Å²) in [6.07, 6.45) is 16.2. The number of hydrogen-bond donors (Lipinski definition) is 0. The summed E-state index contributed by atoms with van der Waals surface area (Å²) in [5, 5.41) is 0. The second kappa shape index (κ2) is 13.4. The van der Waals surface area contributed by atoms with E-state index in [1.165, 1.54) is 12.8 Å². The molecule has 8 unspecified atom stereocenters. The Labute approximate surface area is 210 Å². The number of rotatable bonds is 18. The van der Waals surface area contributed by atoms with Crippen LogP contribution < -0.4 is 0 Å². The Kier molecular flexibility index (Phi) is 10.3. The zero-order valence-corrected chi connectivity index (χ0v) is 21.8. The highest BCUT2D eigenvalue weighted by Gasteiger charge is 2.53. The first-order valence-electron chi connectivity index (χ1n) is 14.4. The van der Waals surface area contributed by atoms with Crippen molar-refractivity contribution in [3.63, 3.8) is 0 Å². The van der Waals surface area contributed by atoms with Gasteiger partial charge in [-0.25, -0.2) is 0 Å². The van der Waals surface area contributed by atoms with Crippen LogP contribution in [0.1, 0.15) is 104 Å². The summed E-state index contributed by atoms with van der Waals surface area (Å²) in [5.74, 6) is -1.39.